The Hall–Kier alpha value is -2.76. The van der Waals surface area contributed by atoms with Crippen LogP contribution >= 0.6 is 0 Å². The molecule has 1 amide bonds. The van der Waals surface area contributed by atoms with E-state index in [1.54, 1.807) is 28.6 Å². The number of carbonyl (C=O) groups is 3. The molecular formula is C30H47N3O7S. The van der Waals surface area contributed by atoms with Crippen LogP contribution in [0.3, 0.4) is 0 Å². The molecule has 1 atom stereocenters. The largest absolute Gasteiger partial charge is 0.478 e. The highest BCUT2D eigenvalue weighted by molar-refractivity contribution is 7.89. The van der Waals surface area contributed by atoms with Gasteiger partial charge < -0.3 is 20.0 Å². The van der Waals surface area contributed by atoms with E-state index < -0.39 is 22.0 Å². The Labute approximate surface area is 245 Å². The highest BCUT2D eigenvalue weighted by Crippen LogP contribution is 2.32. The Bertz CT molecular complexity index is 1160. The topological polar surface area (TPSA) is 136 Å². The molecule has 2 aliphatic rings. The highest BCUT2D eigenvalue weighted by Gasteiger charge is 2.34. The van der Waals surface area contributed by atoms with E-state index in [0.717, 1.165) is 32.2 Å². The van der Waals surface area contributed by atoms with Gasteiger partial charge in [-0.15, -0.1) is 0 Å². The fourth-order valence-electron chi connectivity index (χ4n) is 5.22. The van der Waals surface area contributed by atoms with Gasteiger partial charge in [0.1, 0.15) is 0 Å². The van der Waals surface area contributed by atoms with E-state index in [1.807, 2.05) is 4.90 Å². The first-order valence-corrected chi connectivity index (χ1v) is 15.8. The summed E-state index contributed by atoms with van der Waals surface area (Å²) in [5.74, 6) is -2.07. The van der Waals surface area contributed by atoms with Crippen molar-refractivity contribution >= 4 is 27.9 Å². The summed E-state index contributed by atoms with van der Waals surface area (Å²) in [5, 5.41) is 15.6. The second kappa shape index (κ2) is 15.5. The number of sulfonamides is 1. The van der Waals surface area contributed by atoms with Crippen LogP contribution in [-0.4, -0.2) is 96.4 Å². The standard InChI is InChI=1S/C26H43N3O3S.C4H4O4/c1-21(2)12-17-28(18-13-23-10-7-15-27(23)5)25(30)22-9-6-11-24(19-22)33(31,32)29-16-8-14-26(3,4)20-29;5-3(6)1-2-4(7)8/h6,9,11,19,21,23H,7-8,10,12-18,20H2,1-5H3;1-2H,(H,5,6)(H,7,8)/b;2-1-. The zero-order valence-electron chi connectivity index (χ0n) is 25.1. The van der Waals surface area contributed by atoms with Crippen molar-refractivity contribution in [3.8, 4) is 0 Å². The molecule has 0 radical (unpaired) electrons. The minimum Gasteiger partial charge on any atom is -0.478 e. The quantitative estimate of drug-likeness (QED) is 0.365. The minimum absolute atomic E-state index is 0.0280. The Morgan fingerprint density at radius 2 is 1.73 bits per heavy atom. The third-order valence-electron chi connectivity index (χ3n) is 7.62. The van der Waals surface area contributed by atoms with Gasteiger partial charge in [-0.3, -0.25) is 4.79 Å². The molecule has 3 rings (SSSR count). The Morgan fingerprint density at radius 3 is 2.27 bits per heavy atom. The summed E-state index contributed by atoms with van der Waals surface area (Å²) in [7, 11) is -1.46. The molecule has 1 unspecified atom stereocenters. The van der Waals surface area contributed by atoms with Crippen molar-refractivity contribution < 1.29 is 33.0 Å². The number of carbonyl (C=O) groups excluding carboxylic acids is 1. The zero-order valence-corrected chi connectivity index (χ0v) is 25.9. The summed E-state index contributed by atoms with van der Waals surface area (Å²) in [6.07, 6.45) is 7.30. The molecule has 0 bridgehead atoms. The van der Waals surface area contributed by atoms with Crippen molar-refractivity contribution in [3.63, 3.8) is 0 Å². The van der Waals surface area contributed by atoms with Crippen molar-refractivity contribution in [3.05, 3.63) is 42.0 Å². The van der Waals surface area contributed by atoms with Crippen molar-refractivity contribution in [1.82, 2.24) is 14.1 Å². The molecule has 0 saturated carbocycles. The van der Waals surface area contributed by atoms with Crippen LogP contribution in [0.15, 0.2) is 41.3 Å². The van der Waals surface area contributed by atoms with Gasteiger partial charge in [0.15, 0.2) is 0 Å². The third kappa shape index (κ3) is 11.2. The van der Waals surface area contributed by atoms with Crippen LogP contribution in [0, 0.1) is 11.3 Å². The number of aliphatic carboxylic acids is 2. The number of likely N-dealkylation sites (tertiary alicyclic amines) is 1. The van der Waals surface area contributed by atoms with Gasteiger partial charge in [-0.1, -0.05) is 33.8 Å². The Morgan fingerprint density at radius 1 is 1.07 bits per heavy atom. The van der Waals surface area contributed by atoms with Crippen LogP contribution in [0.1, 0.15) is 76.6 Å². The summed E-state index contributed by atoms with van der Waals surface area (Å²) in [5.41, 5.74) is 0.440. The lowest BCUT2D eigenvalue weighted by Crippen LogP contribution is -2.43. The van der Waals surface area contributed by atoms with Crippen LogP contribution in [0.25, 0.3) is 0 Å². The lowest BCUT2D eigenvalue weighted by atomic mass is 9.85. The second-order valence-corrected chi connectivity index (χ2v) is 14.1. The lowest BCUT2D eigenvalue weighted by Gasteiger charge is -2.37. The predicted octanol–water partition coefficient (Wildman–Crippen LogP) is 4.18. The molecule has 0 spiro atoms. The molecule has 2 aliphatic heterocycles. The van der Waals surface area contributed by atoms with Crippen LogP contribution in [0.5, 0.6) is 0 Å². The van der Waals surface area contributed by atoms with Gasteiger partial charge in [-0.2, -0.15) is 4.31 Å². The van der Waals surface area contributed by atoms with Crippen molar-refractivity contribution in [1.29, 1.82) is 0 Å². The average Bonchev–Trinajstić information content (AvgIpc) is 3.31. The fraction of sp³-hybridized carbons (Fsp3) is 0.633. The normalized spacial score (nSPS) is 19.6. The number of carboxylic acid groups (broad SMARTS) is 2. The zero-order chi connectivity index (χ0) is 30.8. The molecule has 0 aromatic heterocycles. The summed E-state index contributed by atoms with van der Waals surface area (Å²) < 4.78 is 28.3. The molecule has 41 heavy (non-hydrogen) atoms. The van der Waals surface area contributed by atoms with Crippen molar-refractivity contribution in [2.45, 2.75) is 77.2 Å². The summed E-state index contributed by atoms with van der Waals surface area (Å²) >= 11 is 0. The highest BCUT2D eigenvalue weighted by atomic mass is 32.2. The molecule has 2 heterocycles. The first-order chi connectivity index (χ1) is 19.1. The van der Waals surface area contributed by atoms with E-state index >= 15 is 0 Å². The van der Waals surface area contributed by atoms with Crippen LogP contribution in [0.4, 0.5) is 0 Å². The van der Waals surface area contributed by atoms with Gasteiger partial charge >= 0.3 is 11.9 Å². The van der Waals surface area contributed by atoms with Gasteiger partial charge in [0.05, 0.1) is 4.90 Å². The van der Waals surface area contributed by atoms with E-state index in [2.05, 4.69) is 39.6 Å². The number of benzene rings is 1. The van der Waals surface area contributed by atoms with Gasteiger partial charge in [0, 0.05) is 49.9 Å². The second-order valence-electron chi connectivity index (χ2n) is 12.2. The van der Waals surface area contributed by atoms with Crippen molar-refractivity contribution in [2.24, 2.45) is 11.3 Å². The summed E-state index contributed by atoms with van der Waals surface area (Å²) in [6, 6.07) is 7.20. The molecule has 2 fully saturated rings. The van der Waals surface area contributed by atoms with Gasteiger partial charge in [0.25, 0.3) is 5.91 Å². The molecule has 1 aromatic carbocycles. The predicted molar refractivity (Wildman–Crippen MR) is 158 cm³/mol. The number of hydrogen-bond acceptors (Lipinski definition) is 6. The first-order valence-electron chi connectivity index (χ1n) is 14.4. The smallest absolute Gasteiger partial charge is 0.328 e. The third-order valence-corrected chi connectivity index (χ3v) is 9.46. The van der Waals surface area contributed by atoms with E-state index in [9.17, 15) is 22.8 Å². The van der Waals surface area contributed by atoms with E-state index in [0.29, 0.717) is 55.9 Å². The minimum atomic E-state index is -3.62. The van der Waals surface area contributed by atoms with E-state index in [-0.39, 0.29) is 16.2 Å². The Balaban J connectivity index is 0.000000642. The fourth-order valence-corrected chi connectivity index (χ4v) is 6.93. The maximum absolute atomic E-state index is 13.5. The number of carboxylic acids is 2. The van der Waals surface area contributed by atoms with Gasteiger partial charge in [-0.05, 0) is 81.6 Å². The number of piperidine rings is 1. The summed E-state index contributed by atoms with van der Waals surface area (Å²) in [4.78, 5) is 37.2. The van der Waals surface area contributed by atoms with Gasteiger partial charge in [-0.25, -0.2) is 18.0 Å². The molecule has 230 valence electrons. The molecule has 0 aliphatic carbocycles. The molecule has 2 saturated heterocycles. The number of nitrogens with zero attached hydrogens (tertiary/aromatic N) is 3. The lowest BCUT2D eigenvalue weighted by molar-refractivity contribution is -0.134. The molecule has 11 heteroatoms. The monoisotopic (exact) mass is 593 g/mol. The maximum Gasteiger partial charge on any atom is 0.328 e. The Kier molecular flexibility index (Phi) is 13.0. The molecular weight excluding hydrogens is 546 g/mol. The number of rotatable bonds is 11. The van der Waals surface area contributed by atoms with Crippen LogP contribution < -0.4 is 0 Å². The van der Waals surface area contributed by atoms with Crippen LogP contribution in [0.2, 0.25) is 0 Å². The molecule has 2 N–H and O–H groups in total. The maximum atomic E-state index is 13.5. The van der Waals surface area contributed by atoms with E-state index in [1.165, 1.54) is 12.8 Å². The van der Waals surface area contributed by atoms with Crippen LogP contribution in [-0.2, 0) is 19.6 Å². The van der Waals surface area contributed by atoms with Crippen molar-refractivity contribution in [2.75, 3.05) is 39.8 Å². The molecule has 10 nitrogen and oxygen atoms in total. The molecule has 1 aromatic rings. The summed E-state index contributed by atoms with van der Waals surface area (Å²) in [6.45, 7) is 12.1. The number of hydrogen-bond donors (Lipinski definition) is 2. The van der Waals surface area contributed by atoms with Gasteiger partial charge in [0.2, 0.25) is 10.0 Å². The SMILES string of the molecule is CC(C)CCN(CCC1CCCN1C)C(=O)c1cccc(S(=O)(=O)N2CCCC(C)(C)C2)c1.O=C(O)/C=C\C(=O)O. The number of amides is 1. The average molecular weight is 594 g/mol. The first kappa shape index (κ1) is 34.4. The van der Waals surface area contributed by atoms with E-state index in [4.69, 9.17) is 10.2 Å².